The fraction of sp³-hybridized carbons (Fsp3) is 0.719. The van der Waals surface area contributed by atoms with E-state index in [1.165, 1.54) is 28.7 Å². The summed E-state index contributed by atoms with van der Waals surface area (Å²) >= 11 is 0. The first-order valence-electron chi connectivity index (χ1n) is 54.1. The van der Waals surface area contributed by atoms with Crippen molar-refractivity contribution in [1.82, 2.24) is 0 Å². The number of ether oxygens (including phenoxy) is 8. The largest absolute Gasteiger partial charge is 0.482 e. The summed E-state index contributed by atoms with van der Waals surface area (Å²) < 4.78 is 46.2. The van der Waals surface area contributed by atoms with Gasteiger partial charge in [0, 0.05) is 0 Å². The minimum Gasteiger partial charge on any atom is -0.482 e. The van der Waals surface area contributed by atoms with E-state index in [-0.39, 0.29) is 146 Å². The molecule has 0 heterocycles. The van der Waals surface area contributed by atoms with E-state index in [1.54, 1.807) is 0 Å². The zero-order valence-electron chi connectivity index (χ0n) is 83.7. The van der Waals surface area contributed by atoms with E-state index >= 15 is 0 Å². The molecule has 0 aromatic heterocycles. The van der Waals surface area contributed by atoms with Crippen LogP contribution in [0.4, 0.5) is 0 Å². The summed E-state index contributed by atoms with van der Waals surface area (Å²) in [5.74, 6) is 2.66. The molecule has 7 saturated carbocycles. The maximum atomic E-state index is 12.9. The molecule has 8 N–H and O–H groups in total. The van der Waals surface area contributed by atoms with Gasteiger partial charge in [0.05, 0.1) is 48.1 Å². The molecule has 0 saturated heterocycles. The third-order valence-corrected chi connectivity index (χ3v) is 33.3. The van der Waals surface area contributed by atoms with Crippen LogP contribution in [-0.4, -0.2) is 164 Å². The minimum atomic E-state index is -0.981. The Kier molecular flexibility index (Phi) is 43.1. The molecule has 0 aliphatic heterocycles. The van der Waals surface area contributed by atoms with Gasteiger partial charge in [0.1, 0.15) is 47.4 Å². The third kappa shape index (κ3) is 31.3. The van der Waals surface area contributed by atoms with E-state index in [0.29, 0.717) is 70.3 Å². The Labute approximate surface area is 820 Å². The first kappa shape index (κ1) is 109. The van der Waals surface area contributed by atoms with Gasteiger partial charge in [0.2, 0.25) is 0 Å². The number of hydrogen-bond acceptors (Lipinski definition) is 20. The lowest BCUT2D eigenvalue weighted by molar-refractivity contribution is -0.156. The first-order chi connectivity index (χ1) is 66.7. The molecule has 11 aliphatic rings. The molecule has 24 nitrogen and oxygen atoms in total. The number of benzene rings is 4. The van der Waals surface area contributed by atoms with E-state index in [1.807, 2.05) is 62.4 Å². The van der Waals surface area contributed by atoms with E-state index in [4.69, 9.17) is 58.3 Å². The maximum Gasteiger partial charge on any atom is 0.341 e. The van der Waals surface area contributed by atoms with Gasteiger partial charge in [0.15, 0.2) is 26.4 Å². The number of carbonyl (C=O) groups excluding carboxylic acids is 4. The standard InChI is InChI=1S/C30H44O6.C29H42O6.C28H42O6.C27H38O6/c1-2-3-5-12-23(36-30(34)20-9-6-4-7-10-20)14-15-24-25-16-21-11-8-13-28(35-19-29(32)33)26(21)17-22(25)18-27(24)31;1-2-3-4-11-22(35-29(33)19-8-5-6-9-19)13-14-23-24-15-20-10-7-12-27(34-18-28(31)32)25(20)16-21(24)17-26(23)30;1-4-6-7-10-21(34-28(32)18(3)5-2)12-13-22-23-14-19-9-8-11-26(33-17-27(30)31)24(19)15-20(23)16-25(22)29;1-2-3-4-7-20(33-27(31)17-9-10-17)11-12-21-22-13-18-6-5-8-25(32-16-26(29)30)23(18)14-19(22)15-24(21)28/h8,11,13,20,22-25,27,31H,2-7,9-10,12,14-19H2,1H3,(H,32,33);7,10,12,19,21-24,26,30H,2-6,8-9,11,13-18H2,1H3,(H,31,32);8-9,11,18,20-23,25,29H,4-7,10,12-17H2,1-3H3,(H,30,31);5-6,8,17,19-22,24,28H,2-4,7,9-16H2,1H3,(H,29,30)/t22-,23-,24+,25-,27+;21-,22-,23+,24-,26+;18-,20+,21+,22-,23+,25-;19-,20-,21+,22-,24+/m0010/s1. The van der Waals surface area contributed by atoms with Gasteiger partial charge in [-0.1, -0.05) is 174 Å². The van der Waals surface area contributed by atoms with Crippen molar-refractivity contribution in [3.63, 3.8) is 0 Å². The Morgan fingerprint density at radius 2 is 0.558 bits per heavy atom. The van der Waals surface area contributed by atoms with Crippen molar-refractivity contribution in [2.45, 2.75) is 399 Å². The number of aliphatic hydroxyl groups is 4. The molecule has 15 rings (SSSR count). The number of unbranched alkanes of at least 4 members (excludes halogenated alkanes) is 8. The quantitative estimate of drug-likeness (QED) is 0.0116. The van der Waals surface area contributed by atoms with Gasteiger partial charge < -0.3 is 78.7 Å². The van der Waals surface area contributed by atoms with Crippen LogP contribution in [0.2, 0.25) is 0 Å². The second-order valence-corrected chi connectivity index (χ2v) is 42.9. The van der Waals surface area contributed by atoms with E-state index in [9.17, 15) is 58.8 Å². The minimum absolute atomic E-state index is 0.00142. The molecule has 21 atom stereocenters. The zero-order chi connectivity index (χ0) is 98.3. The van der Waals surface area contributed by atoms with Crippen molar-refractivity contribution in [3.05, 3.63) is 117 Å². The van der Waals surface area contributed by atoms with Gasteiger partial charge in [-0.25, -0.2) is 19.2 Å². The van der Waals surface area contributed by atoms with E-state index < -0.39 is 23.9 Å². The van der Waals surface area contributed by atoms with Crippen molar-refractivity contribution in [2.75, 3.05) is 26.4 Å². The topological polar surface area (TPSA) is 372 Å². The summed E-state index contributed by atoms with van der Waals surface area (Å²) in [6, 6.07) is 23.5. The second-order valence-electron chi connectivity index (χ2n) is 42.9. The Balaban J connectivity index is 0.000000165. The molecule has 11 aliphatic carbocycles. The number of rotatable bonds is 49. The molecule has 0 bridgehead atoms. The second kappa shape index (κ2) is 54.8. The van der Waals surface area contributed by atoms with Gasteiger partial charge in [-0.3, -0.25) is 19.2 Å². The lowest BCUT2D eigenvalue weighted by atomic mass is 9.73. The summed E-state index contributed by atoms with van der Waals surface area (Å²) in [6.07, 6.45) is 44.4. The van der Waals surface area contributed by atoms with Crippen molar-refractivity contribution >= 4 is 47.8 Å². The molecule has 7 fully saturated rings. The van der Waals surface area contributed by atoms with Gasteiger partial charge in [-0.15, -0.1) is 0 Å². The van der Waals surface area contributed by atoms with Crippen LogP contribution in [0.15, 0.2) is 72.8 Å². The molecule has 766 valence electrons. The fourth-order valence-electron chi connectivity index (χ4n) is 25.4. The summed E-state index contributed by atoms with van der Waals surface area (Å²) in [5.41, 5.74) is 9.23. The highest BCUT2D eigenvalue weighted by atomic mass is 16.6. The highest BCUT2D eigenvalue weighted by Crippen LogP contribution is 2.54. The van der Waals surface area contributed by atoms with Crippen LogP contribution in [-0.2, 0) is 109 Å². The molecule has 0 radical (unpaired) electrons. The number of aliphatic hydroxyl groups excluding tert-OH is 4. The highest BCUT2D eigenvalue weighted by molar-refractivity contribution is 5.76. The third-order valence-electron chi connectivity index (χ3n) is 33.3. The van der Waals surface area contributed by atoms with Crippen LogP contribution in [0.3, 0.4) is 0 Å². The fourth-order valence-corrected chi connectivity index (χ4v) is 25.4. The number of aliphatic carboxylic acids is 4. The molecular formula is C114H166O24. The van der Waals surface area contributed by atoms with Crippen LogP contribution >= 0.6 is 0 Å². The number of carboxylic acids is 4. The lowest BCUT2D eigenvalue weighted by Gasteiger charge is -2.33. The van der Waals surface area contributed by atoms with Crippen LogP contribution in [0.1, 0.15) is 343 Å². The Bertz CT molecular complexity index is 4510. The number of fused-ring (bicyclic) bond motifs is 8. The summed E-state index contributed by atoms with van der Waals surface area (Å²) in [4.78, 5) is 94.2. The van der Waals surface area contributed by atoms with Crippen molar-refractivity contribution < 1.29 is 117 Å². The van der Waals surface area contributed by atoms with E-state index in [2.05, 4.69) is 52.0 Å². The Morgan fingerprint density at radius 1 is 0.312 bits per heavy atom. The van der Waals surface area contributed by atoms with E-state index in [0.717, 1.165) is 324 Å². The normalized spacial score (nSPS) is 26.3. The number of carbonyl (C=O) groups is 8. The SMILES string of the molecule is CCCCC[C@@H](CC[C@@H]1[C@H]2Cc3cccc(OCC(=O)O)c3C[C@H]2C[C@H]1O)OC(=O)C1CC1.CCCCC[C@@H](CC[C@@H]1[C@H]2Cc3cccc(OCC(=O)O)c3C[C@H]2C[C@H]1O)OC(=O)C1CCCC1.CCCCC[C@@H](CC[C@@H]1[C@H]2Cc3cccc(OCC(=O)O)c3C[C@H]2C[C@H]1O)OC(=O)C1CCCCC1.CCCCC[C@@H](CC[C@@H]1[C@H]2Cc3cccc(OCC(=O)O)c3C[C@H]2C[C@H]1O)OC(=O)[C@H](C)CC. The van der Waals surface area contributed by atoms with Crippen LogP contribution in [0, 0.1) is 94.7 Å². The predicted molar refractivity (Wildman–Crippen MR) is 526 cm³/mol. The van der Waals surface area contributed by atoms with Crippen LogP contribution in [0.25, 0.3) is 0 Å². The van der Waals surface area contributed by atoms with Gasteiger partial charge in [0.25, 0.3) is 0 Å². The van der Waals surface area contributed by atoms with Crippen LogP contribution < -0.4 is 18.9 Å². The average Bonchev–Trinajstić information content (AvgIpc) is 1.64. The molecule has 0 unspecified atom stereocenters. The molecule has 24 heteroatoms. The molecule has 138 heavy (non-hydrogen) atoms. The maximum absolute atomic E-state index is 12.9. The zero-order valence-corrected chi connectivity index (χ0v) is 83.7. The van der Waals surface area contributed by atoms with Gasteiger partial charge in [-0.2, -0.15) is 0 Å². The smallest absolute Gasteiger partial charge is 0.341 e. The molecule has 4 aromatic rings. The summed E-state index contributed by atoms with van der Waals surface area (Å²) in [7, 11) is 0. The lowest BCUT2D eigenvalue weighted by Crippen LogP contribution is -2.30. The first-order valence-corrected chi connectivity index (χ1v) is 54.1. The van der Waals surface area contributed by atoms with Gasteiger partial charge >= 0.3 is 47.8 Å². The summed E-state index contributed by atoms with van der Waals surface area (Å²) in [6.45, 7) is 11.3. The van der Waals surface area contributed by atoms with Crippen molar-refractivity contribution in [2.24, 2.45) is 94.7 Å². The molecular weight excluding hydrogens is 1750 g/mol. The number of esters is 4. The van der Waals surface area contributed by atoms with Crippen molar-refractivity contribution in [3.8, 4) is 23.0 Å². The Hall–Kier alpha value is -8.32. The van der Waals surface area contributed by atoms with Crippen molar-refractivity contribution in [1.29, 1.82) is 0 Å². The molecule has 4 aromatic carbocycles. The molecule has 0 amide bonds. The molecule has 0 spiro atoms. The monoisotopic (exact) mass is 1920 g/mol. The average molecular weight is 1920 g/mol. The van der Waals surface area contributed by atoms with Crippen LogP contribution in [0.5, 0.6) is 23.0 Å². The van der Waals surface area contributed by atoms with Gasteiger partial charge in [-0.05, 0) is 365 Å². The number of carboxylic acid groups (broad SMARTS) is 4. The highest BCUT2D eigenvalue weighted by Gasteiger charge is 2.51. The number of hydrogen-bond donors (Lipinski definition) is 8. The summed E-state index contributed by atoms with van der Waals surface area (Å²) in [5, 5.41) is 79.9. The Morgan fingerprint density at radius 3 is 0.797 bits per heavy atom. The predicted octanol–water partition coefficient (Wildman–Crippen LogP) is 20.8.